The second kappa shape index (κ2) is 8.14. The fraction of sp³-hybridized carbons (Fsp3) is 0.174. The first-order valence-electron chi connectivity index (χ1n) is 9.57. The number of carboxylic acid groups (broad SMARTS) is 1. The molecule has 1 saturated heterocycles. The highest BCUT2D eigenvalue weighted by Crippen LogP contribution is 2.27. The number of rotatable bonds is 5. The number of nitrogens with one attached hydrogen (secondary N) is 1. The maximum atomic E-state index is 12.6. The minimum atomic E-state index is -1.14. The van der Waals surface area contributed by atoms with Crippen molar-refractivity contribution in [3.63, 3.8) is 0 Å². The Bertz CT molecular complexity index is 1080. The van der Waals surface area contributed by atoms with Gasteiger partial charge in [0.1, 0.15) is 5.82 Å². The van der Waals surface area contributed by atoms with E-state index in [9.17, 15) is 9.59 Å². The van der Waals surface area contributed by atoms with Crippen LogP contribution >= 0.6 is 0 Å². The predicted octanol–water partition coefficient (Wildman–Crippen LogP) is 4.82. The summed E-state index contributed by atoms with van der Waals surface area (Å²) in [6.45, 7) is 1.94. The Balaban J connectivity index is 1.62. The van der Waals surface area contributed by atoms with Crippen molar-refractivity contribution in [1.82, 2.24) is 4.98 Å². The highest BCUT2D eigenvalue weighted by atomic mass is 16.4. The first-order chi connectivity index (χ1) is 14.1. The van der Waals surface area contributed by atoms with Gasteiger partial charge in [-0.25, -0.2) is 9.78 Å². The number of para-hydroxylation sites is 1. The molecule has 4 rings (SSSR count). The van der Waals surface area contributed by atoms with Gasteiger partial charge in [-0.2, -0.15) is 0 Å². The van der Waals surface area contributed by atoms with E-state index in [-0.39, 0.29) is 5.78 Å². The Morgan fingerprint density at radius 1 is 1.03 bits per heavy atom. The van der Waals surface area contributed by atoms with E-state index < -0.39 is 6.09 Å². The lowest BCUT2D eigenvalue weighted by molar-refractivity contribution is 0.104. The molecule has 0 unspecified atom stereocenters. The third-order valence-corrected chi connectivity index (χ3v) is 4.97. The number of aromatic nitrogens is 1. The van der Waals surface area contributed by atoms with Crippen LogP contribution in [-0.2, 0) is 0 Å². The lowest BCUT2D eigenvalue weighted by Gasteiger charge is -2.19. The maximum Gasteiger partial charge on any atom is 0.409 e. The van der Waals surface area contributed by atoms with Crippen LogP contribution in [0.25, 0.3) is 17.0 Å². The Hall–Kier alpha value is -3.67. The number of carbonyl (C=O) groups excluding carboxylic acids is 1. The summed E-state index contributed by atoms with van der Waals surface area (Å²) in [6.07, 6.45) is 4.52. The van der Waals surface area contributed by atoms with Gasteiger partial charge >= 0.3 is 6.09 Å². The standard InChI is InChI=1S/C23H21N3O3/c27-21(16-7-10-19(11-8-16)24-23(28)29)12-9-18-15-17-5-1-2-6-20(17)25-22(18)26-13-3-4-14-26/h1-2,5-12,15,24H,3-4,13-14H2,(H,28,29). The smallest absolute Gasteiger partial charge is 0.409 e. The summed E-state index contributed by atoms with van der Waals surface area (Å²) in [5.74, 6) is 0.763. The quantitative estimate of drug-likeness (QED) is 0.484. The number of amides is 1. The van der Waals surface area contributed by atoms with Crippen LogP contribution in [0.4, 0.5) is 16.3 Å². The third kappa shape index (κ3) is 4.27. The molecule has 0 aliphatic carbocycles. The van der Waals surface area contributed by atoms with Crippen LogP contribution in [0.5, 0.6) is 0 Å². The zero-order valence-electron chi connectivity index (χ0n) is 15.8. The number of carbonyl (C=O) groups is 2. The van der Waals surface area contributed by atoms with E-state index >= 15 is 0 Å². The topological polar surface area (TPSA) is 82.5 Å². The van der Waals surface area contributed by atoms with Gasteiger partial charge in [-0.15, -0.1) is 0 Å². The van der Waals surface area contributed by atoms with Gasteiger partial charge in [0, 0.05) is 35.3 Å². The van der Waals surface area contributed by atoms with Crippen molar-refractivity contribution in [2.75, 3.05) is 23.3 Å². The first-order valence-corrected chi connectivity index (χ1v) is 9.57. The van der Waals surface area contributed by atoms with Crippen molar-refractivity contribution in [2.45, 2.75) is 12.8 Å². The van der Waals surface area contributed by atoms with Crippen LogP contribution in [-0.4, -0.2) is 35.1 Å². The minimum Gasteiger partial charge on any atom is -0.465 e. The van der Waals surface area contributed by atoms with E-state index in [4.69, 9.17) is 10.1 Å². The molecule has 146 valence electrons. The zero-order valence-corrected chi connectivity index (χ0v) is 15.8. The van der Waals surface area contributed by atoms with Crippen LogP contribution < -0.4 is 10.2 Å². The lowest BCUT2D eigenvalue weighted by Crippen LogP contribution is -2.20. The molecular formula is C23H21N3O3. The molecule has 29 heavy (non-hydrogen) atoms. The third-order valence-electron chi connectivity index (χ3n) is 4.97. The molecule has 2 N–H and O–H groups in total. The summed E-state index contributed by atoms with van der Waals surface area (Å²) in [6, 6.07) is 16.4. The van der Waals surface area contributed by atoms with Crippen molar-refractivity contribution < 1.29 is 14.7 Å². The summed E-state index contributed by atoms with van der Waals surface area (Å²) in [7, 11) is 0. The van der Waals surface area contributed by atoms with Gasteiger partial charge in [-0.3, -0.25) is 10.1 Å². The van der Waals surface area contributed by atoms with Gasteiger partial charge < -0.3 is 10.0 Å². The molecule has 6 heteroatoms. The molecule has 2 aromatic carbocycles. The summed E-state index contributed by atoms with van der Waals surface area (Å²) >= 11 is 0. The molecule has 0 bridgehead atoms. The van der Waals surface area contributed by atoms with Gasteiger partial charge in [0.05, 0.1) is 5.52 Å². The first kappa shape index (κ1) is 18.7. The van der Waals surface area contributed by atoms with Gasteiger partial charge in [-0.1, -0.05) is 18.2 Å². The Kier molecular flexibility index (Phi) is 5.24. The monoisotopic (exact) mass is 387 g/mol. The van der Waals surface area contributed by atoms with Crippen LogP contribution in [0, 0.1) is 0 Å². The predicted molar refractivity (Wildman–Crippen MR) is 115 cm³/mol. The Morgan fingerprint density at radius 3 is 2.48 bits per heavy atom. The molecule has 0 radical (unpaired) electrons. The van der Waals surface area contributed by atoms with Crippen LogP contribution in [0.1, 0.15) is 28.8 Å². The molecular weight excluding hydrogens is 366 g/mol. The summed E-state index contributed by atoms with van der Waals surface area (Å²) in [5, 5.41) is 12.0. The largest absolute Gasteiger partial charge is 0.465 e. The molecule has 3 aromatic rings. The maximum absolute atomic E-state index is 12.6. The summed E-state index contributed by atoms with van der Waals surface area (Å²) in [4.78, 5) is 30.4. The Morgan fingerprint density at radius 2 is 1.76 bits per heavy atom. The number of pyridine rings is 1. The number of benzene rings is 2. The van der Waals surface area contributed by atoms with E-state index in [1.165, 1.54) is 0 Å². The molecule has 1 aliphatic rings. The second-order valence-corrected chi connectivity index (χ2v) is 6.99. The van der Waals surface area contributed by atoms with Crippen LogP contribution in [0.15, 0.2) is 60.7 Å². The van der Waals surface area contributed by atoms with Gasteiger partial charge in [-0.05, 0) is 61.4 Å². The molecule has 0 saturated carbocycles. The second-order valence-electron chi connectivity index (χ2n) is 6.99. The summed E-state index contributed by atoms with van der Waals surface area (Å²) < 4.78 is 0. The average molecular weight is 387 g/mol. The van der Waals surface area contributed by atoms with Crippen LogP contribution in [0.2, 0.25) is 0 Å². The zero-order chi connectivity index (χ0) is 20.2. The van der Waals surface area contributed by atoms with Crippen molar-refractivity contribution >= 4 is 40.4 Å². The highest BCUT2D eigenvalue weighted by molar-refractivity contribution is 6.07. The number of allylic oxidation sites excluding steroid dienone is 1. The van der Waals surface area contributed by atoms with E-state index in [1.807, 2.05) is 30.3 Å². The molecule has 0 atom stereocenters. The highest BCUT2D eigenvalue weighted by Gasteiger charge is 2.17. The number of anilines is 2. The minimum absolute atomic E-state index is 0.146. The van der Waals surface area contributed by atoms with E-state index in [0.29, 0.717) is 11.3 Å². The van der Waals surface area contributed by atoms with E-state index in [2.05, 4.69) is 16.3 Å². The van der Waals surface area contributed by atoms with E-state index in [0.717, 1.165) is 48.2 Å². The fourth-order valence-electron chi connectivity index (χ4n) is 3.53. The molecule has 6 nitrogen and oxygen atoms in total. The SMILES string of the molecule is O=C(O)Nc1ccc(C(=O)C=Cc2cc3ccccc3nc2N2CCCC2)cc1. The van der Waals surface area contributed by atoms with Crippen molar-refractivity contribution in [3.8, 4) is 0 Å². The molecule has 2 heterocycles. The normalized spacial score (nSPS) is 13.9. The van der Waals surface area contributed by atoms with Gasteiger partial charge in [0.25, 0.3) is 0 Å². The molecule has 0 spiro atoms. The molecule has 1 aromatic heterocycles. The number of ketones is 1. The van der Waals surface area contributed by atoms with Gasteiger partial charge in [0.2, 0.25) is 0 Å². The number of fused-ring (bicyclic) bond motifs is 1. The lowest BCUT2D eigenvalue weighted by atomic mass is 10.1. The van der Waals surface area contributed by atoms with Crippen molar-refractivity contribution in [2.24, 2.45) is 0 Å². The van der Waals surface area contributed by atoms with Crippen molar-refractivity contribution in [1.29, 1.82) is 0 Å². The number of hydrogen-bond acceptors (Lipinski definition) is 4. The van der Waals surface area contributed by atoms with Crippen LogP contribution in [0.3, 0.4) is 0 Å². The molecule has 1 amide bonds. The summed E-state index contributed by atoms with van der Waals surface area (Å²) in [5.41, 5.74) is 2.78. The Labute approximate surface area is 168 Å². The fourth-order valence-corrected chi connectivity index (χ4v) is 3.53. The number of nitrogens with zero attached hydrogens (tertiary/aromatic N) is 2. The molecule has 1 aliphatic heterocycles. The van der Waals surface area contributed by atoms with Gasteiger partial charge in [0.15, 0.2) is 5.78 Å². The van der Waals surface area contributed by atoms with Crippen molar-refractivity contribution in [3.05, 3.63) is 71.8 Å². The van der Waals surface area contributed by atoms with E-state index in [1.54, 1.807) is 30.3 Å². The number of hydrogen-bond donors (Lipinski definition) is 2. The average Bonchev–Trinajstić information content (AvgIpc) is 3.26. The molecule has 1 fully saturated rings.